The Labute approximate surface area is 181 Å². The van der Waals surface area contributed by atoms with E-state index in [9.17, 15) is 28.1 Å². The first-order chi connectivity index (χ1) is 14.6. The number of sulfonamides is 1. The molecule has 2 amide bonds. The van der Waals surface area contributed by atoms with Gasteiger partial charge in [-0.2, -0.15) is 0 Å². The van der Waals surface area contributed by atoms with Crippen LogP contribution in [0.15, 0.2) is 53.4 Å². The van der Waals surface area contributed by atoms with Crippen molar-refractivity contribution >= 4 is 27.5 Å². The van der Waals surface area contributed by atoms with Crippen LogP contribution in [-0.4, -0.2) is 43.1 Å². The van der Waals surface area contributed by atoms with Crippen LogP contribution in [0.3, 0.4) is 0 Å². The van der Waals surface area contributed by atoms with E-state index in [0.717, 1.165) is 0 Å². The number of carbonyl (C=O) groups is 2. The van der Waals surface area contributed by atoms with Crippen LogP contribution in [0.1, 0.15) is 25.0 Å². The van der Waals surface area contributed by atoms with E-state index in [0.29, 0.717) is 24.2 Å². The summed E-state index contributed by atoms with van der Waals surface area (Å²) in [5.41, 5.74) is 0.839. The van der Waals surface area contributed by atoms with Crippen molar-refractivity contribution in [3.63, 3.8) is 0 Å². The molecule has 166 valence electrons. The van der Waals surface area contributed by atoms with Gasteiger partial charge in [0, 0.05) is 25.2 Å². The molecule has 9 nitrogen and oxygen atoms in total. The van der Waals surface area contributed by atoms with E-state index in [2.05, 4.69) is 0 Å². The van der Waals surface area contributed by atoms with Gasteiger partial charge in [0.15, 0.2) is 0 Å². The molecule has 0 saturated heterocycles. The molecule has 0 aromatic heterocycles. The molecular weight excluding hydrogens is 422 g/mol. The number of nitrogens with zero attached hydrogens (tertiary/aromatic N) is 2. The van der Waals surface area contributed by atoms with Gasteiger partial charge >= 0.3 is 0 Å². The topological polar surface area (TPSA) is 127 Å². The molecule has 31 heavy (non-hydrogen) atoms. The quantitative estimate of drug-likeness (QED) is 0.357. The minimum absolute atomic E-state index is 0.0484. The normalized spacial score (nSPS) is 12.1. The van der Waals surface area contributed by atoms with Crippen LogP contribution in [0.2, 0.25) is 0 Å². The fraction of sp³-hybridized carbons (Fsp3) is 0.333. The number of benzene rings is 2. The molecule has 0 bridgehead atoms. The first kappa shape index (κ1) is 24.0. The van der Waals surface area contributed by atoms with Gasteiger partial charge in [0.2, 0.25) is 11.8 Å². The molecular formula is C21H25N3O6S. The Kier molecular flexibility index (Phi) is 7.87. The number of nitro groups is 1. The standard InChI is InChI=1S/C21H25N3O6S/c1-4-23(5-2)21(26)18(14-16-10-12-17(13-11-16)24(27)28)20(25)22-31(29,30)19-9-7-6-8-15(19)3/h6-13,18H,4-5,14H2,1-3H3,(H,22,25). The fourth-order valence-electron chi connectivity index (χ4n) is 3.15. The number of non-ortho nitro benzene ring substituents is 1. The number of hydrogen-bond donors (Lipinski definition) is 1. The lowest BCUT2D eigenvalue weighted by atomic mass is 9.97. The number of rotatable bonds is 9. The lowest BCUT2D eigenvalue weighted by Gasteiger charge is -2.24. The van der Waals surface area contributed by atoms with Gasteiger partial charge in [-0.15, -0.1) is 0 Å². The molecule has 10 heteroatoms. The second-order valence-electron chi connectivity index (χ2n) is 6.93. The summed E-state index contributed by atoms with van der Waals surface area (Å²) < 4.78 is 27.5. The van der Waals surface area contributed by atoms with Gasteiger partial charge in [-0.25, -0.2) is 13.1 Å². The van der Waals surface area contributed by atoms with Crippen LogP contribution in [0, 0.1) is 23.0 Å². The van der Waals surface area contributed by atoms with Crippen LogP contribution in [0.25, 0.3) is 0 Å². The third-order valence-electron chi connectivity index (χ3n) is 4.89. The van der Waals surface area contributed by atoms with Gasteiger partial charge in [0.05, 0.1) is 9.82 Å². The van der Waals surface area contributed by atoms with Crippen molar-refractivity contribution in [2.75, 3.05) is 13.1 Å². The van der Waals surface area contributed by atoms with Gasteiger partial charge in [-0.1, -0.05) is 30.3 Å². The minimum Gasteiger partial charge on any atom is -0.343 e. The zero-order valence-corrected chi connectivity index (χ0v) is 18.4. The van der Waals surface area contributed by atoms with Crippen LogP contribution in [0.4, 0.5) is 5.69 Å². The summed E-state index contributed by atoms with van der Waals surface area (Å²) in [5.74, 6) is -2.76. The smallest absolute Gasteiger partial charge is 0.269 e. The van der Waals surface area contributed by atoms with Gasteiger partial charge in [-0.3, -0.25) is 19.7 Å². The SMILES string of the molecule is CCN(CC)C(=O)C(Cc1ccc([N+](=O)[O-])cc1)C(=O)NS(=O)(=O)c1ccccc1C. The van der Waals surface area contributed by atoms with E-state index < -0.39 is 32.7 Å². The molecule has 0 fully saturated rings. The zero-order valence-electron chi connectivity index (χ0n) is 17.6. The minimum atomic E-state index is -4.18. The highest BCUT2D eigenvalue weighted by Crippen LogP contribution is 2.19. The summed E-state index contributed by atoms with van der Waals surface area (Å²) in [6.07, 6.45) is -0.0948. The number of aryl methyl sites for hydroxylation is 1. The lowest BCUT2D eigenvalue weighted by molar-refractivity contribution is -0.384. The van der Waals surface area contributed by atoms with Crippen molar-refractivity contribution in [1.29, 1.82) is 0 Å². The summed E-state index contributed by atoms with van der Waals surface area (Å²) in [5, 5.41) is 10.9. The zero-order chi connectivity index (χ0) is 23.2. The molecule has 2 rings (SSSR count). The van der Waals surface area contributed by atoms with Crippen LogP contribution in [-0.2, 0) is 26.0 Å². The summed E-state index contributed by atoms with van der Waals surface area (Å²) in [6.45, 7) is 5.82. The highest BCUT2D eigenvalue weighted by Gasteiger charge is 2.33. The molecule has 2 aromatic carbocycles. The maximum atomic E-state index is 13.0. The van der Waals surface area contributed by atoms with E-state index in [-0.39, 0.29) is 17.0 Å². The fourth-order valence-corrected chi connectivity index (χ4v) is 4.42. The van der Waals surface area contributed by atoms with Gasteiger partial charge in [0.1, 0.15) is 5.92 Å². The third-order valence-corrected chi connectivity index (χ3v) is 6.40. The first-order valence-electron chi connectivity index (χ1n) is 9.75. The van der Waals surface area contributed by atoms with Gasteiger partial charge in [0.25, 0.3) is 15.7 Å². The van der Waals surface area contributed by atoms with Gasteiger partial charge in [-0.05, 0) is 44.4 Å². The summed E-state index contributed by atoms with van der Waals surface area (Å²) >= 11 is 0. The molecule has 0 aliphatic carbocycles. The molecule has 0 saturated carbocycles. The van der Waals surface area contributed by atoms with Crippen LogP contribution >= 0.6 is 0 Å². The number of nitro benzene ring substituents is 1. The molecule has 0 aliphatic rings. The highest BCUT2D eigenvalue weighted by atomic mass is 32.2. The Balaban J connectivity index is 2.35. The molecule has 0 heterocycles. The molecule has 0 radical (unpaired) electrons. The first-order valence-corrected chi connectivity index (χ1v) is 11.2. The summed E-state index contributed by atoms with van der Waals surface area (Å²) in [4.78, 5) is 37.6. The molecule has 1 unspecified atom stereocenters. The van der Waals surface area contributed by atoms with E-state index in [4.69, 9.17) is 0 Å². The summed E-state index contributed by atoms with van der Waals surface area (Å²) in [6, 6.07) is 11.6. The Morgan fingerprint density at radius 1 is 1.06 bits per heavy atom. The predicted molar refractivity (Wildman–Crippen MR) is 115 cm³/mol. The van der Waals surface area contributed by atoms with Crippen molar-refractivity contribution in [3.05, 3.63) is 69.8 Å². The second-order valence-corrected chi connectivity index (χ2v) is 8.58. The molecule has 1 N–H and O–H groups in total. The van der Waals surface area contributed by atoms with E-state index in [1.807, 2.05) is 4.72 Å². The lowest BCUT2D eigenvalue weighted by Crippen LogP contribution is -2.46. The molecule has 0 aliphatic heterocycles. The van der Waals surface area contributed by atoms with Crippen molar-refractivity contribution in [3.8, 4) is 0 Å². The van der Waals surface area contributed by atoms with Crippen molar-refractivity contribution in [1.82, 2.24) is 9.62 Å². The van der Waals surface area contributed by atoms with E-state index in [1.54, 1.807) is 39.0 Å². The van der Waals surface area contributed by atoms with Gasteiger partial charge < -0.3 is 4.90 Å². The Morgan fingerprint density at radius 2 is 1.65 bits per heavy atom. The average molecular weight is 448 g/mol. The van der Waals surface area contributed by atoms with E-state index >= 15 is 0 Å². The second kappa shape index (κ2) is 10.2. The third kappa shape index (κ3) is 5.88. The summed E-state index contributed by atoms with van der Waals surface area (Å²) in [7, 11) is -4.18. The Bertz CT molecular complexity index is 1060. The number of nitrogens with one attached hydrogen (secondary N) is 1. The largest absolute Gasteiger partial charge is 0.343 e. The van der Waals surface area contributed by atoms with Crippen molar-refractivity contribution < 1.29 is 22.9 Å². The van der Waals surface area contributed by atoms with Crippen LogP contribution < -0.4 is 4.72 Å². The van der Waals surface area contributed by atoms with Crippen molar-refractivity contribution in [2.45, 2.75) is 32.1 Å². The van der Waals surface area contributed by atoms with Crippen LogP contribution in [0.5, 0.6) is 0 Å². The molecule has 0 spiro atoms. The Hall–Kier alpha value is -3.27. The maximum Gasteiger partial charge on any atom is 0.269 e. The molecule has 2 aromatic rings. The predicted octanol–water partition coefficient (Wildman–Crippen LogP) is 2.44. The number of hydrogen-bond acceptors (Lipinski definition) is 6. The average Bonchev–Trinajstić information content (AvgIpc) is 2.72. The number of amides is 2. The Morgan fingerprint density at radius 3 is 2.16 bits per heavy atom. The highest BCUT2D eigenvalue weighted by molar-refractivity contribution is 7.90. The number of carbonyl (C=O) groups excluding carboxylic acids is 2. The van der Waals surface area contributed by atoms with E-state index in [1.165, 1.54) is 35.2 Å². The van der Waals surface area contributed by atoms with Crippen molar-refractivity contribution in [2.24, 2.45) is 5.92 Å². The maximum absolute atomic E-state index is 13.0. The molecule has 1 atom stereocenters. The monoisotopic (exact) mass is 447 g/mol.